The molecule has 10 heteroatoms. The number of hydrogen-bond donors (Lipinski definition) is 2. The van der Waals surface area contributed by atoms with E-state index in [-0.39, 0.29) is 6.79 Å². The molecule has 4 amide bonds. The van der Waals surface area contributed by atoms with E-state index in [1.165, 1.54) is 0 Å². The van der Waals surface area contributed by atoms with Crippen LogP contribution in [-0.2, 0) is 19.1 Å². The van der Waals surface area contributed by atoms with Crippen LogP contribution >= 0.6 is 0 Å². The van der Waals surface area contributed by atoms with Gasteiger partial charge in [-0.1, -0.05) is 12.8 Å². The average molecular weight is 389 g/mol. The molecule has 2 N–H and O–H groups in total. The molecule has 0 bridgehead atoms. The molecular weight excluding hydrogens is 370 g/mol. The summed E-state index contributed by atoms with van der Waals surface area (Å²) >= 11 is 0. The van der Waals surface area contributed by atoms with E-state index in [2.05, 4.69) is 10.6 Å². The van der Waals surface area contributed by atoms with E-state index in [1.807, 2.05) is 0 Å². The van der Waals surface area contributed by atoms with Gasteiger partial charge in [0.1, 0.15) is 12.1 Å². The highest BCUT2D eigenvalue weighted by Crippen LogP contribution is 2.35. The Bertz CT molecular complexity index is 848. The van der Waals surface area contributed by atoms with E-state index in [0.717, 1.165) is 17.7 Å². The molecule has 2 aliphatic heterocycles. The molecule has 1 spiro atoms. The maximum Gasteiger partial charge on any atom is 0.326 e. The molecule has 148 valence electrons. The monoisotopic (exact) mass is 389 g/mol. The quantitative estimate of drug-likeness (QED) is 0.563. The number of nitrogens with one attached hydrogen (secondary N) is 2. The summed E-state index contributed by atoms with van der Waals surface area (Å²) in [7, 11) is 0. The van der Waals surface area contributed by atoms with Gasteiger partial charge in [-0.3, -0.25) is 19.3 Å². The molecule has 3 aliphatic rings. The first-order valence-corrected chi connectivity index (χ1v) is 8.96. The van der Waals surface area contributed by atoms with Crippen LogP contribution in [0.2, 0.25) is 0 Å². The van der Waals surface area contributed by atoms with Crippen molar-refractivity contribution in [1.82, 2.24) is 10.2 Å². The lowest BCUT2D eigenvalue weighted by molar-refractivity contribution is -0.150. The molecule has 1 saturated carbocycles. The molecule has 1 aliphatic carbocycles. The molecule has 0 atom stereocenters. The van der Waals surface area contributed by atoms with Gasteiger partial charge in [0.05, 0.1) is 0 Å². The Balaban J connectivity index is 1.27. The van der Waals surface area contributed by atoms with Gasteiger partial charge in [0.15, 0.2) is 18.1 Å². The van der Waals surface area contributed by atoms with Crippen molar-refractivity contribution in [2.75, 3.05) is 25.3 Å². The van der Waals surface area contributed by atoms with Gasteiger partial charge in [0.25, 0.3) is 11.8 Å². The maximum atomic E-state index is 12.5. The van der Waals surface area contributed by atoms with Crippen molar-refractivity contribution >= 4 is 29.5 Å². The molecule has 28 heavy (non-hydrogen) atoms. The molecular formula is C18H19N3O7. The second kappa shape index (κ2) is 7.02. The SMILES string of the molecule is O=C(COC(=O)CN1C(=O)NC2(CCCC2)C1=O)Nc1ccc2c(c1)OCO2. The van der Waals surface area contributed by atoms with Crippen molar-refractivity contribution in [1.29, 1.82) is 0 Å². The van der Waals surface area contributed by atoms with Gasteiger partial charge in [0.2, 0.25) is 6.79 Å². The third kappa shape index (κ3) is 3.32. The van der Waals surface area contributed by atoms with Crippen LogP contribution < -0.4 is 20.1 Å². The Hall–Kier alpha value is -3.30. The summed E-state index contributed by atoms with van der Waals surface area (Å²) in [5, 5.41) is 5.25. The van der Waals surface area contributed by atoms with Crippen LogP contribution in [-0.4, -0.2) is 54.2 Å². The van der Waals surface area contributed by atoms with E-state index < -0.39 is 42.5 Å². The Morgan fingerprint density at radius 2 is 1.93 bits per heavy atom. The van der Waals surface area contributed by atoms with Crippen LogP contribution in [0.1, 0.15) is 25.7 Å². The Kier molecular flexibility index (Phi) is 4.54. The van der Waals surface area contributed by atoms with Crippen molar-refractivity contribution in [2.24, 2.45) is 0 Å². The number of hydrogen-bond acceptors (Lipinski definition) is 7. The largest absolute Gasteiger partial charge is 0.454 e. The summed E-state index contributed by atoms with van der Waals surface area (Å²) < 4.78 is 15.3. The summed E-state index contributed by atoms with van der Waals surface area (Å²) in [6.45, 7) is -0.944. The fourth-order valence-electron chi connectivity index (χ4n) is 3.63. The Morgan fingerprint density at radius 3 is 2.71 bits per heavy atom. The second-order valence-electron chi connectivity index (χ2n) is 6.89. The summed E-state index contributed by atoms with van der Waals surface area (Å²) in [5.74, 6) is -0.708. The first-order chi connectivity index (χ1) is 13.5. The predicted molar refractivity (Wildman–Crippen MR) is 93.6 cm³/mol. The number of imide groups is 1. The van der Waals surface area contributed by atoms with Gasteiger partial charge in [0, 0.05) is 11.8 Å². The van der Waals surface area contributed by atoms with Crippen LogP contribution in [0, 0.1) is 0 Å². The summed E-state index contributed by atoms with van der Waals surface area (Å²) in [6.07, 6.45) is 2.84. The first-order valence-electron chi connectivity index (χ1n) is 8.96. The molecule has 0 radical (unpaired) electrons. The average Bonchev–Trinajstić information content (AvgIpc) is 3.37. The minimum atomic E-state index is -0.881. The predicted octanol–water partition coefficient (Wildman–Crippen LogP) is 0.762. The highest BCUT2D eigenvalue weighted by Gasteiger charge is 2.52. The fourth-order valence-corrected chi connectivity index (χ4v) is 3.63. The number of urea groups is 1. The summed E-state index contributed by atoms with van der Waals surface area (Å²) in [5.41, 5.74) is -0.420. The molecule has 2 heterocycles. The third-order valence-corrected chi connectivity index (χ3v) is 5.01. The Morgan fingerprint density at radius 1 is 1.18 bits per heavy atom. The fraction of sp³-hybridized carbons (Fsp3) is 0.444. The number of carbonyl (C=O) groups excluding carboxylic acids is 4. The number of amides is 4. The number of carbonyl (C=O) groups is 4. The molecule has 0 unspecified atom stereocenters. The van der Waals surface area contributed by atoms with E-state index in [0.29, 0.717) is 30.0 Å². The first kappa shape index (κ1) is 18.1. The van der Waals surface area contributed by atoms with Gasteiger partial charge < -0.3 is 24.8 Å². The van der Waals surface area contributed by atoms with Crippen LogP contribution in [0.3, 0.4) is 0 Å². The smallest absolute Gasteiger partial charge is 0.326 e. The molecule has 1 aromatic rings. The van der Waals surface area contributed by atoms with Gasteiger partial charge in [-0.15, -0.1) is 0 Å². The zero-order valence-corrected chi connectivity index (χ0v) is 15.0. The molecule has 10 nitrogen and oxygen atoms in total. The standard InChI is InChI=1S/C18H19N3O7/c22-14(19-11-3-4-12-13(7-11)28-10-27-12)9-26-15(23)8-21-16(24)18(20-17(21)25)5-1-2-6-18/h3-4,7H,1-2,5-6,8-10H2,(H,19,22)(H,20,25). The highest BCUT2D eigenvalue weighted by atomic mass is 16.7. The van der Waals surface area contributed by atoms with Gasteiger partial charge in [-0.05, 0) is 25.0 Å². The van der Waals surface area contributed by atoms with Crippen molar-refractivity contribution in [3.05, 3.63) is 18.2 Å². The van der Waals surface area contributed by atoms with E-state index in [9.17, 15) is 19.2 Å². The number of ether oxygens (including phenoxy) is 3. The molecule has 1 aromatic carbocycles. The second-order valence-corrected chi connectivity index (χ2v) is 6.89. The highest BCUT2D eigenvalue weighted by molar-refractivity contribution is 6.09. The third-order valence-electron chi connectivity index (χ3n) is 5.01. The summed E-state index contributed by atoms with van der Waals surface area (Å²) in [6, 6.07) is 4.27. The van der Waals surface area contributed by atoms with Crippen LogP contribution in [0.25, 0.3) is 0 Å². The zero-order valence-electron chi connectivity index (χ0n) is 15.0. The number of anilines is 1. The zero-order chi connectivity index (χ0) is 19.7. The number of fused-ring (bicyclic) bond motifs is 1. The number of benzene rings is 1. The van der Waals surface area contributed by atoms with Crippen LogP contribution in [0.5, 0.6) is 11.5 Å². The van der Waals surface area contributed by atoms with Gasteiger partial charge >= 0.3 is 12.0 Å². The maximum absolute atomic E-state index is 12.5. The number of rotatable bonds is 5. The van der Waals surface area contributed by atoms with E-state index in [4.69, 9.17) is 14.2 Å². The van der Waals surface area contributed by atoms with Gasteiger partial charge in [-0.25, -0.2) is 4.79 Å². The molecule has 2 fully saturated rings. The van der Waals surface area contributed by atoms with Gasteiger partial charge in [-0.2, -0.15) is 0 Å². The lowest BCUT2D eigenvalue weighted by atomic mass is 9.98. The molecule has 1 saturated heterocycles. The van der Waals surface area contributed by atoms with Crippen LogP contribution in [0.15, 0.2) is 18.2 Å². The van der Waals surface area contributed by atoms with E-state index >= 15 is 0 Å². The van der Waals surface area contributed by atoms with Crippen molar-refractivity contribution in [2.45, 2.75) is 31.2 Å². The summed E-state index contributed by atoms with van der Waals surface area (Å²) in [4.78, 5) is 49.3. The van der Waals surface area contributed by atoms with Crippen molar-refractivity contribution in [3.63, 3.8) is 0 Å². The minimum Gasteiger partial charge on any atom is -0.454 e. The topological polar surface area (TPSA) is 123 Å². The minimum absolute atomic E-state index is 0.119. The van der Waals surface area contributed by atoms with Crippen LogP contribution in [0.4, 0.5) is 10.5 Å². The van der Waals surface area contributed by atoms with Crippen molar-refractivity contribution < 1.29 is 33.4 Å². The molecule has 4 rings (SSSR count). The van der Waals surface area contributed by atoms with E-state index in [1.54, 1.807) is 18.2 Å². The Labute approximate surface area is 160 Å². The lowest BCUT2D eigenvalue weighted by Crippen LogP contribution is -2.44. The number of nitrogens with zero attached hydrogens (tertiary/aromatic N) is 1. The normalized spacial score (nSPS) is 19.1. The lowest BCUT2D eigenvalue weighted by Gasteiger charge is -2.19. The number of esters is 1. The van der Waals surface area contributed by atoms with Crippen molar-refractivity contribution in [3.8, 4) is 11.5 Å². The molecule has 0 aromatic heterocycles.